The third-order valence-corrected chi connectivity index (χ3v) is 4.11. The van der Waals surface area contributed by atoms with Gasteiger partial charge in [0.2, 0.25) is 0 Å². The lowest BCUT2D eigenvalue weighted by atomic mass is 10.2. The summed E-state index contributed by atoms with van der Waals surface area (Å²) in [6, 6.07) is 10.9. The van der Waals surface area contributed by atoms with Crippen molar-refractivity contribution < 1.29 is 23.7 Å². The summed E-state index contributed by atoms with van der Waals surface area (Å²) in [4.78, 5) is 12.0. The van der Waals surface area contributed by atoms with E-state index in [1.165, 1.54) is 0 Å². The number of rotatable bonds is 7. The van der Waals surface area contributed by atoms with Crippen LogP contribution in [0.4, 0.5) is 0 Å². The molecule has 128 valence electrons. The van der Waals surface area contributed by atoms with E-state index in [4.69, 9.17) is 18.9 Å². The number of hydrogen-bond donors (Lipinski definition) is 0. The number of hydrogen-bond acceptors (Lipinski definition) is 5. The zero-order chi connectivity index (χ0) is 17.5. The highest BCUT2D eigenvalue weighted by molar-refractivity contribution is 9.10. The van der Waals surface area contributed by atoms with Crippen LogP contribution < -0.4 is 14.2 Å². The molecule has 0 fully saturated rings. The van der Waals surface area contributed by atoms with E-state index >= 15 is 0 Å². The van der Waals surface area contributed by atoms with Crippen molar-refractivity contribution in [2.45, 2.75) is 13.5 Å². The Balaban J connectivity index is 2.23. The first-order chi connectivity index (χ1) is 11.6. The number of carbonyl (C=O) groups excluding carboxylic acids is 1. The molecule has 0 aliphatic carbocycles. The summed E-state index contributed by atoms with van der Waals surface area (Å²) in [5, 5.41) is 0. The van der Waals surface area contributed by atoms with E-state index in [1.807, 2.05) is 24.3 Å². The van der Waals surface area contributed by atoms with Crippen LogP contribution >= 0.6 is 15.9 Å². The Morgan fingerprint density at radius 3 is 2.33 bits per heavy atom. The Kier molecular flexibility index (Phi) is 6.49. The molecule has 0 bridgehead atoms. The predicted octanol–water partition coefficient (Wildman–Crippen LogP) is 4.22. The Morgan fingerprint density at radius 2 is 1.75 bits per heavy atom. The van der Waals surface area contributed by atoms with Crippen LogP contribution in [0.3, 0.4) is 0 Å². The van der Waals surface area contributed by atoms with Gasteiger partial charge in [0.05, 0.1) is 30.9 Å². The summed E-state index contributed by atoms with van der Waals surface area (Å²) < 4.78 is 21.9. The van der Waals surface area contributed by atoms with Gasteiger partial charge < -0.3 is 18.9 Å². The number of halogens is 1. The lowest BCUT2D eigenvalue weighted by Crippen LogP contribution is -2.07. The molecule has 0 atom stereocenters. The van der Waals surface area contributed by atoms with Gasteiger partial charge in [0.25, 0.3) is 0 Å². The van der Waals surface area contributed by atoms with E-state index in [0.29, 0.717) is 34.7 Å². The van der Waals surface area contributed by atoms with Gasteiger partial charge in [0.1, 0.15) is 12.4 Å². The highest BCUT2D eigenvalue weighted by Crippen LogP contribution is 2.38. The van der Waals surface area contributed by atoms with Crippen LogP contribution in [-0.2, 0) is 11.3 Å². The van der Waals surface area contributed by atoms with Crippen LogP contribution in [0.25, 0.3) is 0 Å². The van der Waals surface area contributed by atoms with Crippen LogP contribution in [0.2, 0.25) is 0 Å². The van der Waals surface area contributed by atoms with Crippen LogP contribution in [0.1, 0.15) is 22.8 Å². The first-order valence-corrected chi connectivity index (χ1v) is 8.19. The van der Waals surface area contributed by atoms with Crippen molar-refractivity contribution in [2.75, 3.05) is 20.8 Å². The van der Waals surface area contributed by atoms with E-state index in [-0.39, 0.29) is 0 Å². The fourth-order valence-electron chi connectivity index (χ4n) is 2.08. The van der Waals surface area contributed by atoms with Gasteiger partial charge in [-0.2, -0.15) is 0 Å². The van der Waals surface area contributed by atoms with E-state index in [2.05, 4.69) is 15.9 Å². The van der Waals surface area contributed by atoms with Crippen molar-refractivity contribution in [3.63, 3.8) is 0 Å². The molecule has 0 saturated heterocycles. The van der Waals surface area contributed by atoms with Gasteiger partial charge in [-0.3, -0.25) is 0 Å². The smallest absolute Gasteiger partial charge is 0.339 e. The molecule has 0 amide bonds. The van der Waals surface area contributed by atoms with E-state index in [1.54, 1.807) is 33.3 Å². The van der Waals surface area contributed by atoms with E-state index in [9.17, 15) is 4.79 Å². The Hall–Kier alpha value is -2.21. The fraction of sp³-hybridized carbons (Fsp3) is 0.278. The highest BCUT2D eigenvalue weighted by Gasteiger charge is 2.19. The Bertz CT molecular complexity index is 697. The lowest BCUT2D eigenvalue weighted by molar-refractivity contribution is 0.0524. The second-order valence-electron chi connectivity index (χ2n) is 4.82. The standard InChI is InChI=1S/C18H19BrO5/c1-4-23-18(20)14-9-10-15(22-3)17(16(14)19)24-11-12-5-7-13(21-2)8-6-12/h5-10H,4,11H2,1-3H3. The molecule has 0 saturated carbocycles. The van der Waals surface area contributed by atoms with E-state index < -0.39 is 5.97 Å². The van der Waals surface area contributed by atoms with Crippen molar-refractivity contribution in [3.05, 3.63) is 52.0 Å². The first-order valence-electron chi connectivity index (χ1n) is 7.40. The molecule has 0 spiro atoms. The molecular weight excluding hydrogens is 376 g/mol. The van der Waals surface area contributed by atoms with Gasteiger partial charge >= 0.3 is 5.97 Å². The van der Waals surface area contributed by atoms with Crippen molar-refractivity contribution in [2.24, 2.45) is 0 Å². The second kappa shape index (κ2) is 8.59. The summed E-state index contributed by atoms with van der Waals surface area (Å²) in [6.07, 6.45) is 0. The molecule has 2 rings (SSSR count). The zero-order valence-electron chi connectivity index (χ0n) is 13.8. The van der Waals surface area contributed by atoms with Crippen LogP contribution in [0.15, 0.2) is 40.9 Å². The average Bonchev–Trinajstić information content (AvgIpc) is 2.61. The van der Waals surface area contributed by atoms with Gasteiger partial charge in [0, 0.05) is 0 Å². The van der Waals surface area contributed by atoms with Crippen LogP contribution in [-0.4, -0.2) is 26.8 Å². The summed E-state index contributed by atoms with van der Waals surface area (Å²) in [6.45, 7) is 2.39. The zero-order valence-corrected chi connectivity index (χ0v) is 15.4. The van der Waals surface area contributed by atoms with Crippen molar-refractivity contribution in [1.82, 2.24) is 0 Å². The Morgan fingerprint density at radius 1 is 1.04 bits per heavy atom. The summed E-state index contributed by atoms with van der Waals surface area (Å²) >= 11 is 3.41. The number of benzene rings is 2. The average molecular weight is 395 g/mol. The molecule has 24 heavy (non-hydrogen) atoms. The molecule has 2 aromatic rings. The highest BCUT2D eigenvalue weighted by atomic mass is 79.9. The van der Waals surface area contributed by atoms with Gasteiger partial charge in [-0.1, -0.05) is 12.1 Å². The quantitative estimate of drug-likeness (QED) is 0.657. The maximum Gasteiger partial charge on any atom is 0.339 e. The topological polar surface area (TPSA) is 54.0 Å². The SMILES string of the molecule is CCOC(=O)c1ccc(OC)c(OCc2ccc(OC)cc2)c1Br. The molecule has 0 aromatic heterocycles. The van der Waals surface area contributed by atoms with Crippen molar-refractivity contribution >= 4 is 21.9 Å². The summed E-state index contributed by atoms with van der Waals surface area (Å²) in [5.41, 5.74) is 1.36. The third-order valence-electron chi connectivity index (χ3n) is 3.32. The number of carbonyl (C=O) groups is 1. The molecule has 5 nitrogen and oxygen atoms in total. The molecule has 6 heteroatoms. The number of esters is 1. The van der Waals surface area contributed by atoms with Crippen molar-refractivity contribution in [1.29, 1.82) is 0 Å². The predicted molar refractivity (Wildman–Crippen MR) is 94.0 cm³/mol. The molecule has 0 unspecified atom stereocenters. The monoisotopic (exact) mass is 394 g/mol. The molecule has 0 aliphatic heterocycles. The minimum atomic E-state index is -0.415. The fourth-order valence-corrected chi connectivity index (χ4v) is 2.68. The lowest BCUT2D eigenvalue weighted by Gasteiger charge is -2.15. The van der Waals surface area contributed by atoms with Crippen LogP contribution in [0, 0.1) is 0 Å². The van der Waals surface area contributed by atoms with Gasteiger partial charge in [-0.25, -0.2) is 4.79 Å². The second-order valence-corrected chi connectivity index (χ2v) is 5.61. The van der Waals surface area contributed by atoms with Crippen molar-refractivity contribution in [3.8, 4) is 17.2 Å². The van der Waals surface area contributed by atoms with Gasteiger partial charge in [-0.15, -0.1) is 0 Å². The van der Waals surface area contributed by atoms with E-state index in [0.717, 1.165) is 11.3 Å². The van der Waals surface area contributed by atoms with Gasteiger partial charge in [-0.05, 0) is 52.7 Å². The minimum absolute atomic E-state index is 0.305. The maximum absolute atomic E-state index is 12.0. The number of methoxy groups -OCH3 is 2. The molecule has 2 aromatic carbocycles. The molecule has 0 radical (unpaired) electrons. The molecule has 0 aliphatic rings. The molecule has 0 N–H and O–H groups in total. The maximum atomic E-state index is 12.0. The van der Waals surface area contributed by atoms with Gasteiger partial charge in [0.15, 0.2) is 11.5 Å². The first kappa shape index (κ1) is 18.1. The summed E-state index contributed by atoms with van der Waals surface area (Å²) in [5.74, 6) is 1.35. The third kappa shape index (κ3) is 4.20. The normalized spacial score (nSPS) is 10.2. The molecule has 0 heterocycles. The molecular formula is C18H19BrO5. The Labute approximate surface area is 149 Å². The largest absolute Gasteiger partial charge is 0.497 e. The van der Waals surface area contributed by atoms with Crippen LogP contribution in [0.5, 0.6) is 17.2 Å². The summed E-state index contributed by atoms with van der Waals surface area (Å²) in [7, 11) is 3.17. The minimum Gasteiger partial charge on any atom is -0.497 e. The number of ether oxygens (including phenoxy) is 4.